The summed E-state index contributed by atoms with van der Waals surface area (Å²) in [6.45, 7) is 2.21. The Morgan fingerprint density at radius 3 is 3.00 bits per heavy atom. The lowest BCUT2D eigenvalue weighted by Crippen LogP contribution is -2.34. The molecule has 1 aromatic rings. The topological polar surface area (TPSA) is 55.3 Å². The summed E-state index contributed by atoms with van der Waals surface area (Å²) in [7, 11) is 3.59. The van der Waals surface area contributed by atoms with Crippen LogP contribution in [0.25, 0.3) is 0 Å². The molecule has 1 amide bonds. The highest BCUT2D eigenvalue weighted by atomic mass is 16.5. The number of nitrogens with zero attached hydrogens (tertiary/aromatic N) is 1. The quantitative estimate of drug-likeness (QED) is 0.636. The van der Waals surface area contributed by atoms with Crippen LogP contribution in [0.4, 0.5) is 0 Å². The van der Waals surface area contributed by atoms with Gasteiger partial charge in [-0.1, -0.05) is 0 Å². The van der Waals surface area contributed by atoms with Crippen LogP contribution in [0.15, 0.2) is 18.5 Å². The molecule has 5 nitrogen and oxygen atoms in total. The van der Waals surface area contributed by atoms with Gasteiger partial charge in [-0.05, 0) is 11.6 Å². The Bertz CT molecular complexity index is 323. The molecule has 0 unspecified atom stereocenters. The van der Waals surface area contributed by atoms with E-state index in [0.29, 0.717) is 26.2 Å². The van der Waals surface area contributed by atoms with Gasteiger partial charge in [-0.2, -0.15) is 0 Å². The normalized spacial score (nSPS) is 10.4. The second-order valence-electron chi connectivity index (χ2n) is 3.63. The molecule has 0 saturated carbocycles. The van der Waals surface area contributed by atoms with Crippen LogP contribution in [-0.2, 0) is 23.1 Å². The van der Waals surface area contributed by atoms with Crippen LogP contribution in [0.5, 0.6) is 0 Å². The van der Waals surface area contributed by atoms with Crippen LogP contribution in [0.3, 0.4) is 0 Å². The van der Waals surface area contributed by atoms with Gasteiger partial charge < -0.3 is 19.9 Å². The van der Waals surface area contributed by atoms with Gasteiger partial charge in [0, 0.05) is 39.6 Å². The minimum atomic E-state index is -0.0000406. The predicted molar refractivity (Wildman–Crippen MR) is 62.0 cm³/mol. The van der Waals surface area contributed by atoms with Crippen molar-refractivity contribution in [2.24, 2.45) is 7.05 Å². The number of nitrogens with one attached hydrogen (secondary N) is 2. The number of rotatable bonds is 7. The molecule has 16 heavy (non-hydrogen) atoms. The molecular weight excluding hydrogens is 206 g/mol. The van der Waals surface area contributed by atoms with E-state index in [9.17, 15) is 4.79 Å². The van der Waals surface area contributed by atoms with Crippen LogP contribution >= 0.6 is 0 Å². The van der Waals surface area contributed by atoms with Crippen molar-refractivity contribution >= 4 is 5.91 Å². The number of aryl methyl sites for hydroxylation is 1. The largest absolute Gasteiger partial charge is 0.383 e. The zero-order valence-corrected chi connectivity index (χ0v) is 9.82. The maximum atomic E-state index is 11.4. The van der Waals surface area contributed by atoms with Gasteiger partial charge in [0.25, 0.3) is 0 Å². The number of amides is 1. The molecule has 1 heterocycles. The van der Waals surface area contributed by atoms with Gasteiger partial charge in [0.05, 0.1) is 13.2 Å². The Kier molecular flexibility index (Phi) is 5.60. The van der Waals surface area contributed by atoms with Crippen molar-refractivity contribution in [2.75, 3.05) is 26.8 Å². The Hall–Kier alpha value is -1.33. The molecule has 1 rings (SSSR count). The average Bonchev–Trinajstić information content (AvgIpc) is 2.68. The molecule has 0 aliphatic rings. The summed E-state index contributed by atoms with van der Waals surface area (Å²) >= 11 is 0. The molecule has 0 bridgehead atoms. The molecule has 0 fully saturated rings. The maximum absolute atomic E-state index is 11.4. The number of carbonyl (C=O) groups excluding carboxylic acids is 1. The van der Waals surface area contributed by atoms with E-state index in [1.807, 2.05) is 30.1 Å². The first-order chi connectivity index (χ1) is 7.72. The Labute approximate surface area is 95.8 Å². The van der Waals surface area contributed by atoms with E-state index in [2.05, 4.69) is 10.6 Å². The van der Waals surface area contributed by atoms with Crippen molar-refractivity contribution in [3.63, 3.8) is 0 Å². The lowest BCUT2D eigenvalue weighted by molar-refractivity contribution is -0.120. The summed E-state index contributed by atoms with van der Waals surface area (Å²) in [5, 5.41) is 5.82. The molecule has 1 aromatic heterocycles. The predicted octanol–water partition coefficient (Wildman–Crippen LogP) is -0.123. The van der Waals surface area contributed by atoms with Crippen LogP contribution in [0.2, 0.25) is 0 Å². The fourth-order valence-corrected chi connectivity index (χ4v) is 1.30. The maximum Gasteiger partial charge on any atom is 0.234 e. The molecule has 2 N–H and O–H groups in total. The summed E-state index contributed by atoms with van der Waals surface area (Å²) in [5.74, 6) is -0.0000406. The summed E-state index contributed by atoms with van der Waals surface area (Å²) in [6.07, 6.45) is 3.94. The summed E-state index contributed by atoms with van der Waals surface area (Å²) in [4.78, 5) is 11.4. The van der Waals surface area contributed by atoms with E-state index < -0.39 is 0 Å². The molecule has 0 saturated heterocycles. The average molecular weight is 225 g/mol. The monoisotopic (exact) mass is 225 g/mol. The SMILES string of the molecule is COCCNCC(=O)NCc1ccn(C)c1. The molecule has 0 atom stereocenters. The second-order valence-corrected chi connectivity index (χ2v) is 3.63. The zero-order chi connectivity index (χ0) is 11.8. The van der Waals surface area contributed by atoms with Crippen LogP contribution in [0, 0.1) is 0 Å². The van der Waals surface area contributed by atoms with Crippen molar-refractivity contribution in [2.45, 2.75) is 6.54 Å². The molecule has 5 heteroatoms. The van der Waals surface area contributed by atoms with Crippen molar-refractivity contribution in [3.05, 3.63) is 24.0 Å². The van der Waals surface area contributed by atoms with Crippen LogP contribution < -0.4 is 10.6 Å². The molecule has 0 spiro atoms. The highest BCUT2D eigenvalue weighted by molar-refractivity contribution is 5.77. The van der Waals surface area contributed by atoms with Crippen molar-refractivity contribution < 1.29 is 9.53 Å². The Morgan fingerprint density at radius 2 is 2.38 bits per heavy atom. The van der Waals surface area contributed by atoms with Crippen molar-refractivity contribution in [3.8, 4) is 0 Å². The van der Waals surface area contributed by atoms with E-state index >= 15 is 0 Å². The van der Waals surface area contributed by atoms with Gasteiger partial charge >= 0.3 is 0 Å². The van der Waals surface area contributed by atoms with Gasteiger partial charge in [-0.25, -0.2) is 0 Å². The summed E-state index contributed by atoms with van der Waals surface area (Å²) < 4.78 is 6.82. The smallest absolute Gasteiger partial charge is 0.234 e. The molecular formula is C11H19N3O2. The van der Waals surface area contributed by atoms with Gasteiger partial charge in [0.15, 0.2) is 0 Å². The summed E-state index contributed by atoms with van der Waals surface area (Å²) in [6, 6.07) is 1.98. The second kappa shape index (κ2) is 7.03. The number of hydrogen-bond donors (Lipinski definition) is 2. The van der Waals surface area contributed by atoms with E-state index in [1.54, 1.807) is 7.11 Å². The highest BCUT2D eigenvalue weighted by Gasteiger charge is 2.00. The number of hydrogen-bond acceptors (Lipinski definition) is 3. The van der Waals surface area contributed by atoms with E-state index in [0.717, 1.165) is 5.56 Å². The third-order valence-corrected chi connectivity index (χ3v) is 2.15. The third-order valence-electron chi connectivity index (χ3n) is 2.15. The molecule has 0 aromatic carbocycles. The number of carbonyl (C=O) groups is 1. The number of aromatic nitrogens is 1. The van der Waals surface area contributed by atoms with Crippen molar-refractivity contribution in [1.29, 1.82) is 0 Å². The van der Waals surface area contributed by atoms with Gasteiger partial charge in [-0.3, -0.25) is 4.79 Å². The Balaban J connectivity index is 2.10. The van der Waals surface area contributed by atoms with E-state index in [4.69, 9.17) is 4.74 Å². The fourth-order valence-electron chi connectivity index (χ4n) is 1.30. The minimum absolute atomic E-state index is 0.0000406. The zero-order valence-electron chi connectivity index (χ0n) is 9.82. The molecule has 0 radical (unpaired) electrons. The van der Waals surface area contributed by atoms with Gasteiger partial charge in [0.2, 0.25) is 5.91 Å². The van der Waals surface area contributed by atoms with Gasteiger partial charge in [0.1, 0.15) is 0 Å². The summed E-state index contributed by atoms with van der Waals surface area (Å²) in [5.41, 5.74) is 1.10. The van der Waals surface area contributed by atoms with Gasteiger partial charge in [-0.15, -0.1) is 0 Å². The lowest BCUT2D eigenvalue weighted by Gasteiger charge is -2.05. The molecule has 90 valence electrons. The number of ether oxygens (including phenoxy) is 1. The van der Waals surface area contributed by atoms with Crippen molar-refractivity contribution in [1.82, 2.24) is 15.2 Å². The molecule has 0 aliphatic carbocycles. The van der Waals surface area contributed by atoms with Crippen LogP contribution in [-0.4, -0.2) is 37.3 Å². The Morgan fingerprint density at radius 1 is 1.56 bits per heavy atom. The lowest BCUT2D eigenvalue weighted by atomic mass is 10.3. The third kappa shape index (κ3) is 4.95. The standard InChI is InChI=1S/C11H19N3O2/c1-14-5-3-10(9-14)7-13-11(15)8-12-4-6-16-2/h3,5,9,12H,4,6-8H2,1-2H3,(H,13,15). The van der Waals surface area contributed by atoms with E-state index in [1.165, 1.54) is 0 Å². The van der Waals surface area contributed by atoms with E-state index in [-0.39, 0.29) is 5.91 Å². The minimum Gasteiger partial charge on any atom is -0.383 e. The molecule has 0 aliphatic heterocycles. The first kappa shape index (κ1) is 12.7. The fraction of sp³-hybridized carbons (Fsp3) is 0.545. The van der Waals surface area contributed by atoms with Crippen LogP contribution in [0.1, 0.15) is 5.56 Å². The first-order valence-electron chi connectivity index (χ1n) is 5.29. The number of methoxy groups -OCH3 is 1. The first-order valence-corrected chi connectivity index (χ1v) is 5.29. The highest BCUT2D eigenvalue weighted by Crippen LogP contribution is 1.97.